The second-order valence-electron chi connectivity index (χ2n) is 5.35. The molecule has 3 heteroatoms. The van der Waals surface area contributed by atoms with E-state index in [1.54, 1.807) is 0 Å². The molecule has 2 rings (SSSR count). The van der Waals surface area contributed by atoms with Crippen LogP contribution >= 0.6 is 15.9 Å². The fourth-order valence-electron chi connectivity index (χ4n) is 1.98. The average Bonchev–Trinajstić information content (AvgIpc) is 2.60. The molecule has 0 spiro atoms. The second-order valence-corrected chi connectivity index (χ2v) is 6.00. The summed E-state index contributed by atoms with van der Waals surface area (Å²) >= 11 is 3.46. The lowest BCUT2D eigenvalue weighted by atomic mass is 10.0. The molecule has 0 N–H and O–H groups in total. The monoisotopic (exact) mass is 298 g/mol. The van der Waals surface area contributed by atoms with Crippen molar-refractivity contribution < 1.29 is 9.47 Å². The Bertz CT molecular complexity index is 401. The Morgan fingerprint density at radius 3 is 2.94 bits per heavy atom. The van der Waals surface area contributed by atoms with Crippen LogP contribution in [0.25, 0.3) is 0 Å². The summed E-state index contributed by atoms with van der Waals surface area (Å²) in [6.07, 6.45) is 0.952. The van der Waals surface area contributed by atoms with Crippen LogP contribution in [0.4, 0.5) is 0 Å². The maximum Gasteiger partial charge on any atom is 0.165 e. The highest BCUT2D eigenvalue weighted by atomic mass is 79.9. The van der Waals surface area contributed by atoms with Gasteiger partial charge >= 0.3 is 0 Å². The smallest absolute Gasteiger partial charge is 0.165 e. The van der Waals surface area contributed by atoms with Crippen LogP contribution < -0.4 is 9.47 Å². The number of hydrogen-bond acceptors (Lipinski definition) is 2. The predicted octanol–water partition coefficient (Wildman–Crippen LogP) is 3.81. The minimum Gasteiger partial charge on any atom is -0.489 e. The lowest BCUT2D eigenvalue weighted by Gasteiger charge is -2.18. The number of halogens is 1. The number of ether oxygens (including phenoxy) is 2. The zero-order valence-electron chi connectivity index (χ0n) is 10.6. The minimum absolute atomic E-state index is 0.108. The van der Waals surface area contributed by atoms with E-state index in [9.17, 15) is 0 Å². The number of para-hydroxylation sites is 1. The number of rotatable bonds is 4. The van der Waals surface area contributed by atoms with Gasteiger partial charge in [0.25, 0.3) is 0 Å². The van der Waals surface area contributed by atoms with E-state index in [0.717, 1.165) is 23.2 Å². The van der Waals surface area contributed by atoms with Crippen LogP contribution in [0.15, 0.2) is 18.2 Å². The zero-order chi connectivity index (χ0) is 12.5. The van der Waals surface area contributed by atoms with Crippen molar-refractivity contribution in [3.05, 3.63) is 23.8 Å². The van der Waals surface area contributed by atoms with E-state index in [1.807, 2.05) is 12.1 Å². The van der Waals surface area contributed by atoms with Crippen molar-refractivity contribution in [3.63, 3.8) is 0 Å². The van der Waals surface area contributed by atoms with E-state index >= 15 is 0 Å². The van der Waals surface area contributed by atoms with Gasteiger partial charge in [0.1, 0.15) is 5.60 Å². The average molecular weight is 299 g/mol. The Labute approximate surface area is 111 Å². The Morgan fingerprint density at radius 1 is 1.47 bits per heavy atom. The van der Waals surface area contributed by atoms with E-state index in [-0.39, 0.29) is 5.60 Å². The van der Waals surface area contributed by atoms with E-state index in [0.29, 0.717) is 12.5 Å². The first kappa shape index (κ1) is 12.7. The lowest BCUT2D eigenvalue weighted by Crippen LogP contribution is -2.24. The standard InChI is InChI=1S/C14H19BrO2/c1-10(8-15)9-16-12-6-4-5-11-7-14(2,3)17-13(11)12/h4-6,10H,7-9H2,1-3H3. The Kier molecular flexibility index (Phi) is 3.67. The maximum absolute atomic E-state index is 5.95. The highest BCUT2D eigenvalue weighted by Crippen LogP contribution is 2.41. The Balaban J connectivity index is 2.13. The molecule has 0 saturated heterocycles. The van der Waals surface area contributed by atoms with Crippen molar-refractivity contribution >= 4 is 15.9 Å². The summed E-state index contributed by atoms with van der Waals surface area (Å²) < 4.78 is 11.8. The van der Waals surface area contributed by atoms with Crippen LogP contribution in [0.3, 0.4) is 0 Å². The molecule has 0 bridgehead atoms. The molecule has 0 saturated carbocycles. The lowest BCUT2D eigenvalue weighted by molar-refractivity contribution is 0.131. The highest BCUT2D eigenvalue weighted by Gasteiger charge is 2.32. The van der Waals surface area contributed by atoms with Crippen LogP contribution in [0.1, 0.15) is 26.3 Å². The summed E-state index contributed by atoms with van der Waals surface area (Å²) in [6, 6.07) is 6.14. The van der Waals surface area contributed by atoms with Gasteiger partial charge in [0, 0.05) is 17.3 Å². The van der Waals surface area contributed by atoms with E-state index in [1.165, 1.54) is 5.56 Å². The molecule has 94 valence electrons. The van der Waals surface area contributed by atoms with Crippen molar-refractivity contribution in [2.24, 2.45) is 5.92 Å². The number of fused-ring (bicyclic) bond motifs is 1. The second kappa shape index (κ2) is 4.89. The number of benzene rings is 1. The minimum atomic E-state index is -0.108. The molecule has 0 aromatic heterocycles. The van der Waals surface area contributed by atoms with Gasteiger partial charge in [-0.1, -0.05) is 35.0 Å². The molecule has 1 atom stereocenters. The van der Waals surface area contributed by atoms with Gasteiger partial charge in [-0.2, -0.15) is 0 Å². The van der Waals surface area contributed by atoms with Gasteiger partial charge in [-0.25, -0.2) is 0 Å². The highest BCUT2D eigenvalue weighted by molar-refractivity contribution is 9.09. The summed E-state index contributed by atoms with van der Waals surface area (Å²) in [5, 5.41) is 0.953. The third kappa shape index (κ3) is 2.95. The summed E-state index contributed by atoms with van der Waals surface area (Å²) in [6.45, 7) is 7.09. The van der Waals surface area contributed by atoms with Crippen molar-refractivity contribution in [1.82, 2.24) is 0 Å². The van der Waals surface area contributed by atoms with Crippen LogP contribution in [0.5, 0.6) is 11.5 Å². The number of alkyl halides is 1. The van der Waals surface area contributed by atoms with Gasteiger partial charge in [0.2, 0.25) is 0 Å². The molecule has 17 heavy (non-hydrogen) atoms. The Morgan fingerprint density at radius 2 is 2.24 bits per heavy atom. The molecule has 0 aliphatic carbocycles. The van der Waals surface area contributed by atoms with E-state index in [4.69, 9.17) is 9.47 Å². The van der Waals surface area contributed by atoms with Crippen LogP contribution in [-0.2, 0) is 6.42 Å². The molecule has 0 radical (unpaired) electrons. The fourth-order valence-corrected chi connectivity index (χ4v) is 2.16. The molecule has 1 aromatic rings. The summed E-state index contributed by atoms with van der Waals surface area (Å²) in [5.74, 6) is 2.31. The third-order valence-electron chi connectivity index (χ3n) is 2.84. The van der Waals surface area contributed by atoms with Crippen molar-refractivity contribution in [3.8, 4) is 11.5 Å². The molecular weight excluding hydrogens is 280 g/mol. The van der Waals surface area contributed by atoms with Gasteiger partial charge < -0.3 is 9.47 Å². The zero-order valence-corrected chi connectivity index (χ0v) is 12.2. The van der Waals surface area contributed by atoms with Crippen LogP contribution in [0, 0.1) is 5.92 Å². The van der Waals surface area contributed by atoms with Gasteiger partial charge in [-0.15, -0.1) is 0 Å². The molecule has 1 heterocycles. The first-order chi connectivity index (χ1) is 8.02. The SMILES string of the molecule is CC(CBr)COc1cccc2c1OC(C)(C)C2. The van der Waals surface area contributed by atoms with Gasteiger partial charge in [0.15, 0.2) is 11.5 Å². The van der Waals surface area contributed by atoms with Crippen molar-refractivity contribution in [2.75, 3.05) is 11.9 Å². The van der Waals surface area contributed by atoms with Gasteiger partial charge in [0.05, 0.1) is 6.61 Å². The van der Waals surface area contributed by atoms with Gasteiger partial charge in [-0.3, -0.25) is 0 Å². The summed E-state index contributed by atoms with van der Waals surface area (Å²) in [7, 11) is 0. The summed E-state index contributed by atoms with van der Waals surface area (Å²) in [5.41, 5.74) is 1.14. The Hall–Kier alpha value is -0.700. The third-order valence-corrected chi connectivity index (χ3v) is 3.95. The maximum atomic E-state index is 5.95. The topological polar surface area (TPSA) is 18.5 Å². The number of hydrogen-bond donors (Lipinski definition) is 0. The summed E-state index contributed by atoms with van der Waals surface area (Å²) in [4.78, 5) is 0. The molecule has 1 unspecified atom stereocenters. The fraction of sp³-hybridized carbons (Fsp3) is 0.571. The largest absolute Gasteiger partial charge is 0.489 e. The molecule has 0 fully saturated rings. The molecule has 1 aromatic carbocycles. The molecule has 0 amide bonds. The van der Waals surface area contributed by atoms with Crippen molar-refractivity contribution in [1.29, 1.82) is 0 Å². The molecule has 1 aliphatic heterocycles. The predicted molar refractivity (Wildman–Crippen MR) is 73.3 cm³/mol. The van der Waals surface area contributed by atoms with Crippen molar-refractivity contribution in [2.45, 2.75) is 32.8 Å². The first-order valence-corrected chi connectivity index (χ1v) is 7.13. The first-order valence-electron chi connectivity index (χ1n) is 6.01. The molecule has 1 aliphatic rings. The molecule has 2 nitrogen and oxygen atoms in total. The van der Waals surface area contributed by atoms with Crippen LogP contribution in [0.2, 0.25) is 0 Å². The van der Waals surface area contributed by atoms with E-state index in [2.05, 4.69) is 42.8 Å². The quantitative estimate of drug-likeness (QED) is 0.787. The molecular formula is C14H19BrO2. The normalized spacial score (nSPS) is 18.4. The van der Waals surface area contributed by atoms with Crippen LogP contribution in [-0.4, -0.2) is 17.5 Å². The van der Waals surface area contributed by atoms with E-state index < -0.39 is 0 Å². The van der Waals surface area contributed by atoms with Gasteiger partial charge in [-0.05, 0) is 25.8 Å².